The van der Waals surface area contributed by atoms with Crippen molar-refractivity contribution >= 4 is 29.5 Å². The second kappa shape index (κ2) is 10.9. The number of β-amino-alcohol motifs (C(OH)–C–C–N with tert-alkyl or cyclic N) is 1. The first kappa shape index (κ1) is 25.3. The molecular formula is C26H38N2O5S. The van der Waals surface area contributed by atoms with Crippen LogP contribution in [0.15, 0.2) is 25.3 Å². The molecule has 7 nitrogen and oxygen atoms in total. The van der Waals surface area contributed by atoms with Crippen LogP contribution in [-0.2, 0) is 19.1 Å². The van der Waals surface area contributed by atoms with Crippen molar-refractivity contribution in [1.82, 2.24) is 9.80 Å². The molecule has 4 rings (SSSR count). The third-order valence-electron chi connectivity index (χ3n) is 8.07. The number of allylic oxidation sites excluding steroid dienone is 1. The number of esters is 1. The lowest BCUT2D eigenvalue weighted by Crippen LogP contribution is -2.57. The molecular weight excluding hydrogens is 452 g/mol. The van der Waals surface area contributed by atoms with E-state index in [2.05, 4.69) is 13.2 Å². The SMILES string of the molecule is C=CCCCOC(=O)[C@@H]1[C@@H]2CCC3(S2)C(C(=O)N(CC=C)C2CCCCC2)N(CCO)C(=O)[C@H]13. The van der Waals surface area contributed by atoms with Crippen LogP contribution in [0.25, 0.3) is 0 Å². The molecule has 1 N–H and O–H groups in total. The number of carbonyl (C=O) groups is 3. The van der Waals surface area contributed by atoms with Gasteiger partial charge in [-0.2, -0.15) is 0 Å². The molecule has 4 aliphatic rings. The molecule has 5 atom stereocenters. The first-order valence-corrected chi connectivity index (χ1v) is 13.7. The van der Waals surface area contributed by atoms with Crippen LogP contribution in [0.4, 0.5) is 0 Å². The Hall–Kier alpha value is -1.80. The lowest BCUT2D eigenvalue weighted by atomic mass is 9.71. The number of hydrogen-bond donors (Lipinski definition) is 1. The number of likely N-dealkylation sites (tertiary alicyclic amines) is 1. The minimum absolute atomic E-state index is 0.00466. The Balaban J connectivity index is 1.62. The van der Waals surface area contributed by atoms with E-state index in [0.29, 0.717) is 19.6 Å². The summed E-state index contributed by atoms with van der Waals surface area (Å²) in [5.41, 5.74) is 0. The Morgan fingerprint density at radius 3 is 2.65 bits per heavy atom. The van der Waals surface area contributed by atoms with E-state index < -0.39 is 22.6 Å². The molecule has 8 heteroatoms. The third-order valence-corrected chi connectivity index (χ3v) is 10.0. The molecule has 3 heterocycles. The molecule has 1 aliphatic carbocycles. The highest BCUT2D eigenvalue weighted by Gasteiger charge is 2.74. The number of ether oxygens (including phenoxy) is 1. The number of hydrogen-bond acceptors (Lipinski definition) is 6. The van der Waals surface area contributed by atoms with E-state index in [1.807, 2.05) is 4.90 Å². The number of aliphatic hydroxyl groups excluding tert-OH is 1. The van der Waals surface area contributed by atoms with Crippen LogP contribution >= 0.6 is 11.8 Å². The maximum absolute atomic E-state index is 14.2. The van der Waals surface area contributed by atoms with Crippen LogP contribution in [0.2, 0.25) is 0 Å². The van der Waals surface area contributed by atoms with Crippen LogP contribution in [-0.4, -0.2) is 81.1 Å². The lowest BCUT2D eigenvalue weighted by molar-refractivity contribution is -0.154. The van der Waals surface area contributed by atoms with Crippen LogP contribution < -0.4 is 0 Å². The normalized spacial score (nSPS) is 32.5. The fourth-order valence-electron chi connectivity index (χ4n) is 6.65. The van der Waals surface area contributed by atoms with Gasteiger partial charge in [0, 0.05) is 24.4 Å². The molecule has 3 aliphatic heterocycles. The van der Waals surface area contributed by atoms with Crippen LogP contribution in [0.5, 0.6) is 0 Å². The van der Waals surface area contributed by atoms with Gasteiger partial charge < -0.3 is 19.6 Å². The van der Waals surface area contributed by atoms with Crippen LogP contribution in [0, 0.1) is 11.8 Å². The van der Waals surface area contributed by atoms with Gasteiger partial charge in [-0.25, -0.2) is 0 Å². The second-order valence-corrected chi connectivity index (χ2v) is 11.6. The first-order valence-electron chi connectivity index (χ1n) is 12.8. The molecule has 0 aromatic rings. The Bertz CT molecular complexity index is 813. The van der Waals surface area contributed by atoms with E-state index in [9.17, 15) is 19.5 Å². The van der Waals surface area contributed by atoms with Gasteiger partial charge in [-0.15, -0.1) is 24.9 Å². The Morgan fingerprint density at radius 2 is 1.97 bits per heavy atom. The van der Waals surface area contributed by atoms with Crippen molar-refractivity contribution < 1.29 is 24.2 Å². The van der Waals surface area contributed by atoms with Crippen LogP contribution in [0.3, 0.4) is 0 Å². The monoisotopic (exact) mass is 490 g/mol. The van der Waals surface area contributed by atoms with E-state index in [0.717, 1.165) is 44.9 Å². The van der Waals surface area contributed by atoms with E-state index in [1.54, 1.807) is 28.8 Å². The summed E-state index contributed by atoms with van der Waals surface area (Å²) >= 11 is 1.65. The largest absolute Gasteiger partial charge is 0.465 e. The zero-order valence-electron chi connectivity index (χ0n) is 20.0. The highest BCUT2D eigenvalue weighted by atomic mass is 32.2. The molecule has 1 saturated carbocycles. The fourth-order valence-corrected chi connectivity index (χ4v) is 8.85. The van der Waals surface area contributed by atoms with Gasteiger partial charge in [-0.3, -0.25) is 14.4 Å². The number of thioether (sulfide) groups is 1. The summed E-state index contributed by atoms with van der Waals surface area (Å²) in [6.45, 7) is 8.22. The number of carbonyl (C=O) groups excluding carboxylic acids is 3. The first-order chi connectivity index (χ1) is 16.5. The van der Waals surface area contributed by atoms with Crippen molar-refractivity contribution in [3.8, 4) is 0 Å². The lowest BCUT2D eigenvalue weighted by Gasteiger charge is -2.41. The summed E-state index contributed by atoms with van der Waals surface area (Å²) in [4.78, 5) is 44.5. The van der Waals surface area contributed by atoms with Gasteiger partial charge >= 0.3 is 5.97 Å². The second-order valence-electron chi connectivity index (χ2n) is 9.98. The predicted molar refractivity (Wildman–Crippen MR) is 132 cm³/mol. The number of aliphatic hydroxyl groups is 1. The molecule has 4 fully saturated rings. The Morgan fingerprint density at radius 1 is 1.21 bits per heavy atom. The minimum Gasteiger partial charge on any atom is -0.465 e. The van der Waals surface area contributed by atoms with Crippen molar-refractivity contribution in [2.45, 2.75) is 79.9 Å². The van der Waals surface area contributed by atoms with Gasteiger partial charge in [0.1, 0.15) is 6.04 Å². The molecule has 2 unspecified atom stereocenters. The smallest absolute Gasteiger partial charge is 0.310 e. The van der Waals surface area contributed by atoms with E-state index >= 15 is 0 Å². The summed E-state index contributed by atoms with van der Waals surface area (Å²) in [6, 6.07) is -0.511. The molecule has 34 heavy (non-hydrogen) atoms. The molecule has 0 radical (unpaired) electrons. The summed E-state index contributed by atoms with van der Waals surface area (Å²) in [5, 5.41) is 9.76. The van der Waals surface area contributed by atoms with E-state index in [-0.39, 0.29) is 42.2 Å². The maximum atomic E-state index is 14.2. The zero-order chi connectivity index (χ0) is 24.3. The highest BCUT2D eigenvalue weighted by Crippen LogP contribution is 2.66. The average Bonchev–Trinajstić information content (AvgIpc) is 3.48. The van der Waals surface area contributed by atoms with Crippen molar-refractivity contribution in [3.63, 3.8) is 0 Å². The van der Waals surface area contributed by atoms with Gasteiger partial charge in [0.05, 0.1) is 29.8 Å². The van der Waals surface area contributed by atoms with E-state index in [4.69, 9.17) is 4.74 Å². The summed E-state index contributed by atoms with van der Waals surface area (Å²) in [5.74, 6) is -1.66. The molecule has 3 saturated heterocycles. The number of fused-ring (bicyclic) bond motifs is 1. The Kier molecular flexibility index (Phi) is 8.08. The summed E-state index contributed by atoms with van der Waals surface area (Å²) < 4.78 is 4.95. The van der Waals surface area contributed by atoms with Crippen molar-refractivity contribution in [3.05, 3.63) is 25.3 Å². The van der Waals surface area contributed by atoms with Gasteiger partial charge in [0.25, 0.3) is 0 Å². The van der Waals surface area contributed by atoms with Gasteiger partial charge in [-0.1, -0.05) is 31.4 Å². The summed E-state index contributed by atoms with van der Waals surface area (Å²) in [6.07, 6.45) is 11.9. The molecule has 1 spiro atoms. The molecule has 2 amide bonds. The predicted octanol–water partition coefficient (Wildman–Crippen LogP) is 2.93. The van der Waals surface area contributed by atoms with Crippen molar-refractivity contribution in [2.24, 2.45) is 11.8 Å². The zero-order valence-corrected chi connectivity index (χ0v) is 20.8. The third kappa shape index (κ3) is 4.32. The quantitative estimate of drug-likeness (QED) is 0.272. The van der Waals surface area contributed by atoms with Crippen molar-refractivity contribution in [2.75, 3.05) is 26.3 Å². The van der Waals surface area contributed by atoms with E-state index in [1.165, 1.54) is 6.42 Å². The molecule has 188 valence electrons. The molecule has 0 aromatic carbocycles. The number of unbranched alkanes of at least 4 members (excludes halogenated alkanes) is 1. The number of amides is 2. The standard InChI is InChI=1S/C26H38N2O5S/c1-3-5-9-17-33-25(32)20-19-12-13-26(34-19)21(20)23(30)28(15-16-29)22(26)24(31)27(14-4-2)18-10-7-6-8-11-18/h3-4,18-22,29H,1-2,5-17H2/t19-,20+,21-,22?,26?/m0/s1. The fraction of sp³-hybridized carbons (Fsp3) is 0.731. The topological polar surface area (TPSA) is 87.2 Å². The van der Waals surface area contributed by atoms with Gasteiger partial charge in [0.15, 0.2) is 0 Å². The molecule has 2 bridgehead atoms. The average molecular weight is 491 g/mol. The summed E-state index contributed by atoms with van der Waals surface area (Å²) in [7, 11) is 0. The maximum Gasteiger partial charge on any atom is 0.310 e. The van der Waals surface area contributed by atoms with Gasteiger partial charge in [-0.05, 0) is 38.5 Å². The molecule has 0 aromatic heterocycles. The Labute approximate surface area is 206 Å². The number of nitrogens with zero attached hydrogens (tertiary/aromatic N) is 2. The highest BCUT2D eigenvalue weighted by molar-refractivity contribution is 8.02. The van der Waals surface area contributed by atoms with Crippen LogP contribution in [0.1, 0.15) is 57.8 Å². The minimum atomic E-state index is -0.660. The number of rotatable bonds is 11. The van der Waals surface area contributed by atoms with Crippen molar-refractivity contribution in [1.29, 1.82) is 0 Å². The van der Waals surface area contributed by atoms with Gasteiger partial charge in [0.2, 0.25) is 11.8 Å².